The van der Waals surface area contributed by atoms with E-state index in [9.17, 15) is 5.11 Å². The number of aliphatic hydroxyl groups excluding tert-OH is 2. The topological polar surface area (TPSA) is 138 Å². The van der Waals surface area contributed by atoms with E-state index >= 15 is 0 Å². The molecule has 0 bridgehead atoms. The van der Waals surface area contributed by atoms with Gasteiger partial charge in [0.05, 0.1) is 19.8 Å². The Morgan fingerprint density at radius 3 is 2.02 bits per heavy atom. The quantitative estimate of drug-likeness (QED) is 0.0670. The van der Waals surface area contributed by atoms with Gasteiger partial charge in [0, 0.05) is 44.5 Å². The van der Waals surface area contributed by atoms with E-state index in [0.29, 0.717) is 12.5 Å². The molecular weight excluding hydrogens is 710 g/mol. The molecule has 43 heavy (non-hydrogen) atoms. The number of nitrogens with zero attached hydrogens (tertiary/aromatic N) is 2. The molecule has 10 nitrogen and oxygen atoms in total. The first-order chi connectivity index (χ1) is 19.6. The molecule has 2 atom stereocenters. The van der Waals surface area contributed by atoms with Crippen LogP contribution in [0.15, 0.2) is 60.9 Å². The van der Waals surface area contributed by atoms with Crippen LogP contribution in [0.3, 0.4) is 0 Å². The molecule has 0 spiro atoms. The molecule has 13 heteroatoms. The SMILES string of the molecule is CN1CC(Oc2ccc(-c3ccc(C#CCCOP(O)O)cc3)cc2)C1.CSC(C)(O)C1NC=CN1C.OCCO.[CH3-].[Cs+]. The van der Waals surface area contributed by atoms with Crippen LogP contribution >= 0.6 is 20.4 Å². The fourth-order valence-corrected chi connectivity index (χ4v) is 4.54. The Bertz CT molecular complexity index is 1110. The van der Waals surface area contributed by atoms with Crippen molar-refractivity contribution in [3.05, 3.63) is 73.9 Å². The van der Waals surface area contributed by atoms with Gasteiger partial charge in [0.15, 0.2) is 0 Å². The summed E-state index contributed by atoms with van der Waals surface area (Å²) in [7, 11) is 1.74. The van der Waals surface area contributed by atoms with Crippen LogP contribution in [0.25, 0.3) is 11.1 Å². The van der Waals surface area contributed by atoms with Crippen LogP contribution in [0.2, 0.25) is 0 Å². The molecule has 0 saturated carbocycles. The van der Waals surface area contributed by atoms with Crippen molar-refractivity contribution in [2.75, 3.05) is 53.3 Å². The van der Waals surface area contributed by atoms with Crippen molar-refractivity contribution in [2.45, 2.75) is 30.5 Å². The minimum absolute atomic E-state index is 0. The van der Waals surface area contributed by atoms with Crippen LogP contribution in [0, 0.1) is 19.3 Å². The predicted molar refractivity (Wildman–Crippen MR) is 171 cm³/mol. The molecular formula is C30H45CsN3O7PS. The molecule has 0 aromatic heterocycles. The first-order valence-corrected chi connectivity index (χ1v) is 15.5. The molecule has 2 aliphatic heterocycles. The third-order valence-electron chi connectivity index (χ3n) is 6.06. The van der Waals surface area contributed by atoms with E-state index in [0.717, 1.165) is 35.5 Å². The second-order valence-electron chi connectivity index (χ2n) is 9.46. The third-order valence-corrected chi connectivity index (χ3v) is 7.53. The molecule has 1 fully saturated rings. The predicted octanol–water partition coefficient (Wildman–Crippen LogP) is -0.168. The number of nitrogens with one attached hydrogen (secondary N) is 1. The molecule has 6 N–H and O–H groups in total. The summed E-state index contributed by atoms with van der Waals surface area (Å²) in [5.41, 5.74) is 3.17. The van der Waals surface area contributed by atoms with Gasteiger partial charge in [-0.25, -0.2) is 0 Å². The maximum atomic E-state index is 9.81. The number of benzene rings is 2. The first kappa shape index (κ1) is 42.7. The number of hydrogen-bond acceptors (Lipinski definition) is 11. The Balaban J connectivity index is 0.000000868. The van der Waals surface area contributed by atoms with Crippen LogP contribution in [0.4, 0.5) is 0 Å². The summed E-state index contributed by atoms with van der Waals surface area (Å²) in [6, 6.07) is 16.2. The largest absolute Gasteiger partial charge is 1.00 e. The molecule has 0 radical (unpaired) electrons. The average Bonchev–Trinajstić information content (AvgIpc) is 3.40. The first-order valence-electron chi connectivity index (χ1n) is 13.1. The molecule has 0 aliphatic carbocycles. The van der Waals surface area contributed by atoms with Crippen molar-refractivity contribution < 1.29 is 103 Å². The van der Waals surface area contributed by atoms with E-state index in [1.807, 2.05) is 67.0 Å². The molecule has 2 heterocycles. The summed E-state index contributed by atoms with van der Waals surface area (Å²) in [6.07, 6.45) is 6.40. The average molecular weight is 756 g/mol. The minimum Gasteiger partial charge on any atom is -0.488 e. The number of likely N-dealkylation sites (tertiary alicyclic amines) is 1. The third kappa shape index (κ3) is 16.2. The molecule has 2 aromatic rings. The van der Waals surface area contributed by atoms with Crippen molar-refractivity contribution in [3.8, 4) is 28.7 Å². The Morgan fingerprint density at radius 2 is 1.58 bits per heavy atom. The van der Waals surface area contributed by atoms with Crippen LogP contribution in [0.5, 0.6) is 5.75 Å². The van der Waals surface area contributed by atoms with Gasteiger partial charge >= 0.3 is 77.5 Å². The molecule has 2 aromatic carbocycles. The number of rotatable bonds is 9. The summed E-state index contributed by atoms with van der Waals surface area (Å²) in [4.78, 5) is 20.7. The fraction of sp³-hybridized carbons (Fsp3) is 0.433. The summed E-state index contributed by atoms with van der Waals surface area (Å²) in [6.45, 7) is 3.74. The normalized spacial score (nSPS) is 16.8. The maximum absolute atomic E-state index is 9.81. The number of thioether (sulfide) groups is 1. The standard InChI is InChI=1S/C20H22NO4P.C7H14N2OS.C2H6O2.CH3.Cs/c1-21-14-20(15-21)25-19-11-9-18(10-12-19)17-7-5-16(6-8-17)4-2-3-13-24-26(22)23;1-7(10,11-3)6-8-4-5-9(6)2;3-1-2-4;;/h5-12,20,22-23H,3,13-15H2,1H3;4-6,8,10H,1-3H3;3-4H,1-2H2;1H3;/q;;;-1;+1. The van der Waals surface area contributed by atoms with Crippen LogP contribution in [-0.4, -0.2) is 105 Å². The molecule has 2 unspecified atom stereocenters. The van der Waals surface area contributed by atoms with E-state index < -0.39 is 13.5 Å². The number of ether oxygens (including phenoxy) is 1. The van der Waals surface area contributed by atoms with Crippen molar-refractivity contribution in [3.63, 3.8) is 0 Å². The summed E-state index contributed by atoms with van der Waals surface area (Å²) >= 11 is 1.44. The molecule has 0 amide bonds. The Kier molecular flexibility index (Phi) is 22.9. The Hall–Kier alpha value is -0.308. The van der Waals surface area contributed by atoms with Gasteiger partial charge in [-0.05, 0) is 55.6 Å². The molecule has 2 aliphatic rings. The molecule has 4 rings (SSSR count). The Labute approximate surface area is 321 Å². The van der Waals surface area contributed by atoms with E-state index in [-0.39, 0.29) is 102 Å². The van der Waals surface area contributed by atoms with Crippen molar-refractivity contribution >= 4 is 20.4 Å². The van der Waals surface area contributed by atoms with Crippen molar-refractivity contribution in [2.24, 2.45) is 0 Å². The van der Waals surface area contributed by atoms with Gasteiger partial charge in [-0.1, -0.05) is 36.1 Å². The maximum Gasteiger partial charge on any atom is 1.00 e. The molecule has 234 valence electrons. The molecule has 1 saturated heterocycles. The van der Waals surface area contributed by atoms with Crippen LogP contribution < -0.4 is 78.9 Å². The zero-order valence-corrected chi connectivity index (χ0v) is 34.0. The summed E-state index contributed by atoms with van der Waals surface area (Å²) < 4.78 is 10.6. The summed E-state index contributed by atoms with van der Waals surface area (Å²) in [5.74, 6) is 6.89. The van der Waals surface area contributed by atoms with Gasteiger partial charge in [0.25, 0.3) is 0 Å². The van der Waals surface area contributed by atoms with Crippen LogP contribution in [-0.2, 0) is 4.52 Å². The van der Waals surface area contributed by atoms with E-state index in [2.05, 4.69) is 45.8 Å². The Morgan fingerprint density at radius 1 is 1.02 bits per heavy atom. The van der Waals surface area contributed by atoms with Gasteiger partial charge in [0.2, 0.25) is 0 Å². The van der Waals surface area contributed by atoms with E-state index in [1.165, 1.54) is 11.8 Å². The number of hydrogen-bond donors (Lipinski definition) is 6. The van der Waals surface area contributed by atoms with Gasteiger partial charge in [-0.2, -0.15) is 0 Å². The van der Waals surface area contributed by atoms with E-state index in [4.69, 9.17) is 24.7 Å². The monoisotopic (exact) mass is 755 g/mol. The van der Waals surface area contributed by atoms with Crippen molar-refractivity contribution in [1.29, 1.82) is 0 Å². The zero-order valence-electron chi connectivity index (χ0n) is 26.0. The minimum atomic E-state index is -2.29. The second kappa shape index (κ2) is 23.1. The fourth-order valence-electron chi connectivity index (χ4n) is 3.82. The van der Waals surface area contributed by atoms with Crippen LogP contribution in [0.1, 0.15) is 18.9 Å². The van der Waals surface area contributed by atoms with Crippen molar-refractivity contribution in [1.82, 2.24) is 15.1 Å². The van der Waals surface area contributed by atoms with E-state index in [1.54, 1.807) is 6.92 Å². The number of aliphatic hydroxyl groups is 3. The second-order valence-corrected chi connectivity index (χ2v) is 11.5. The number of likely N-dealkylation sites (N-methyl/N-ethyl adjacent to an activating group) is 2. The zero-order chi connectivity index (χ0) is 30.3. The van der Waals surface area contributed by atoms with Gasteiger partial charge in [-0.15, -0.1) is 11.8 Å². The van der Waals surface area contributed by atoms with Gasteiger partial charge < -0.3 is 52.0 Å². The summed E-state index contributed by atoms with van der Waals surface area (Å²) in [5, 5.41) is 28.1. The van der Waals surface area contributed by atoms with Gasteiger partial charge in [-0.3, -0.25) is 4.90 Å². The van der Waals surface area contributed by atoms with Gasteiger partial charge in [0.1, 0.15) is 23.0 Å². The smallest absolute Gasteiger partial charge is 0.488 e.